The number of Topliss-reactive ketones (excluding diaryl/α,β-unsaturated/α-hetero) is 6. The van der Waals surface area contributed by atoms with Crippen LogP contribution in [0.1, 0.15) is 138 Å². The van der Waals surface area contributed by atoms with Crippen molar-refractivity contribution in [2.45, 2.75) is 150 Å². The first-order chi connectivity index (χ1) is 57.6. The zero-order chi connectivity index (χ0) is 85.2. The van der Waals surface area contributed by atoms with Crippen LogP contribution in [0, 0.1) is 45.9 Å². The van der Waals surface area contributed by atoms with E-state index in [0.717, 1.165) is 95.9 Å². The normalized spacial score (nSPS) is 10.4. The maximum absolute atomic E-state index is 11.8. The Hall–Kier alpha value is -9.05. The molecule has 0 aliphatic rings. The molecule has 0 spiro atoms. The Morgan fingerprint density at radius 3 is 0.916 bits per heavy atom. The average Bonchev–Trinajstić information content (AvgIpc) is 1.69. The van der Waals surface area contributed by atoms with E-state index >= 15 is 0 Å². The number of rotatable bonds is 42. The van der Waals surface area contributed by atoms with Gasteiger partial charge in [0.1, 0.15) is 115 Å². The van der Waals surface area contributed by atoms with Crippen LogP contribution in [-0.4, -0.2) is 104 Å². The van der Waals surface area contributed by atoms with Crippen LogP contribution in [0.25, 0.3) is 0 Å². The number of halogens is 4. The molecule has 0 N–H and O–H groups in total. The molecule has 0 unspecified atom stereocenters. The smallest absolute Gasteiger partial charge is 0.139 e. The maximum Gasteiger partial charge on any atom is 0.139 e. The first-order valence-electron chi connectivity index (χ1n) is 38.5. The van der Waals surface area contributed by atoms with Crippen molar-refractivity contribution >= 4 is 158 Å². The fraction of sp³-hybridized carbons (Fsp3) is 0.322. The molecule has 0 saturated heterocycles. The molecule has 626 valence electrons. The second kappa shape index (κ2) is 56.5. The van der Waals surface area contributed by atoms with Crippen LogP contribution < -0.4 is 28.4 Å². The number of benzene rings is 6. The molecular formula is C90H95Br2Cl2N7O12S6. The molecule has 29 heteroatoms. The van der Waals surface area contributed by atoms with Crippen molar-refractivity contribution in [2.24, 2.45) is 0 Å². The molecule has 0 fully saturated rings. The molecule has 6 aromatic carbocycles. The van der Waals surface area contributed by atoms with Crippen LogP contribution in [0.15, 0.2) is 203 Å². The minimum Gasteiger partial charge on any atom is -0.494 e. The summed E-state index contributed by atoms with van der Waals surface area (Å²) in [7, 11) is 0. The van der Waals surface area contributed by atoms with Gasteiger partial charge < -0.3 is 28.4 Å². The fourth-order valence-electron chi connectivity index (χ4n) is 10.4. The van der Waals surface area contributed by atoms with Crippen molar-refractivity contribution in [3.63, 3.8) is 0 Å². The quantitative estimate of drug-likeness (QED) is 0.0322. The summed E-state index contributed by atoms with van der Waals surface area (Å²) in [6.45, 7) is 13.4. The number of thiazole rings is 6. The number of carbonyl (C=O) groups is 6. The zero-order valence-electron chi connectivity index (χ0n) is 66.9. The molecule has 0 amide bonds. The number of aryl methyl sites for hydroxylation is 5. The minimum absolute atomic E-state index is 0.125. The van der Waals surface area contributed by atoms with Gasteiger partial charge in [0, 0.05) is 76.2 Å². The summed E-state index contributed by atoms with van der Waals surface area (Å²) in [4.78, 5) is 99.4. The van der Waals surface area contributed by atoms with Gasteiger partial charge in [0.2, 0.25) is 0 Å². The minimum atomic E-state index is 0.125. The number of nitrogens with zero attached hydrogens (tertiary/aromatic N) is 7. The van der Waals surface area contributed by atoms with Gasteiger partial charge in [-0.1, -0.05) is 102 Å². The van der Waals surface area contributed by atoms with Gasteiger partial charge in [-0.05, 0) is 195 Å². The Bertz CT molecular complexity index is 4700. The van der Waals surface area contributed by atoms with Crippen molar-refractivity contribution in [3.8, 4) is 40.6 Å². The number of para-hydroxylation sites is 4. The van der Waals surface area contributed by atoms with Crippen LogP contribution in [0.2, 0.25) is 9.36 Å². The van der Waals surface area contributed by atoms with Gasteiger partial charge in [0.05, 0.1) is 106 Å². The van der Waals surface area contributed by atoms with Crippen molar-refractivity contribution in [2.75, 3.05) is 39.6 Å². The second-order valence-electron chi connectivity index (χ2n) is 26.5. The van der Waals surface area contributed by atoms with Gasteiger partial charge >= 0.3 is 0 Å². The third-order valence-electron chi connectivity index (χ3n) is 16.4. The molecule has 0 aliphatic carbocycles. The molecule has 0 radical (unpaired) electrons. The van der Waals surface area contributed by atoms with Crippen molar-refractivity contribution in [1.29, 1.82) is 5.26 Å². The molecule has 12 aromatic rings. The summed E-state index contributed by atoms with van der Waals surface area (Å²) in [5.74, 6) is 6.10. The van der Waals surface area contributed by atoms with Crippen LogP contribution in [0.5, 0.6) is 34.5 Å². The Balaban J connectivity index is 0.000000197. The topological polar surface area (TPSA) is 259 Å². The molecule has 0 saturated carbocycles. The lowest BCUT2D eigenvalue weighted by Crippen LogP contribution is -2.06. The summed E-state index contributed by atoms with van der Waals surface area (Å²) in [6.07, 6.45) is 20.1. The molecule has 119 heavy (non-hydrogen) atoms. The van der Waals surface area contributed by atoms with Crippen LogP contribution in [0.3, 0.4) is 0 Å². The highest BCUT2D eigenvalue weighted by atomic mass is 79.9. The highest BCUT2D eigenvalue weighted by Crippen LogP contribution is 2.28. The molecule has 0 bridgehead atoms. The van der Waals surface area contributed by atoms with E-state index in [-0.39, 0.29) is 34.7 Å². The van der Waals surface area contributed by atoms with Gasteiger partial charge in [0.15, 0.2) is 0 Å². The molecule has 12 rings (SSSR count). The maximum atomic E-state index is 11.8. The summed E-state index contributed by atoms with van der Waals surface area (Å²) >= 11 is 27.3. The summed E-state index contributed by atoms with van der Waals surface area (Å²) in [6, 6.07) is 51.9. The highest BCUT2D eigenvalue weighted by Gasteiger charge is 2.14. The Morgan fingerprint density at radius 1 is 0.336 bits per heavy atom. The summed E-state index contributed by atoms with van der Waals surface area (Å²) in [5, 5.41) is 14.3. The molecule has 6 heterocycles. The van der Waals surface area contributed by atoms with Gasteiger partial charge in [-0.3, -0.25) is 28.8 Å². The van der Waals surface area contributed by atoms with Gasteiger partial charge in [-0.25, -0.2) is 29.9 Å². The number of carbonyl (C=O) groups excluding carboxylic acids is 6. The van der Waals surface area contributed by atoms with E-state index in [2.05, 4.69) is 81.7 Å². The number of ketones is 6. The van der Waals surface area contributed by atoms with Crippen LogP contribution in [0.4, 0.5) is 0 Å². The first kappa shape index (κ1) is 97.1. The fourth-order valence-corrected chi connectivity index (χ4v) is 16.3. The number of nitriles is 1. The van der Waals surface area contributed by atoms with Gasteiger partial charge in [-0.15, -0.1) is 68.0 Å². The van der Waals surface area contributed by atoms with Crippen LogP contribution >= 0.6 is 123 Å². The highest BCUT2D eigenvalue weighted by molar-refractivity contribution is 9.11. The van der Waals surface area contributed by atoms with E-state index in [4.69, 9.17) is 56.9 Å². The zero-order valence-corrected chi connectivity index (χ0v) is 76.5. The third kappa shape index (κ3) is 42.6. The number of hydrogen-bond donors (Lipinski definition) is 0. The standard InChI is InChI=1S/C17H21NO2S.C15H15BrClNO2S.C15H14N2O2S.C15H17NO2S.C14H14BrNO2S.C14H14ClNO2S/c1-12-6-7-16(9-13(12)2)20-8-4-5-15(19)10-17-18-11-14(3)21-17;1-10-9-18-15(21-10)7-11(19)3-2-6-20-12-4-5-13(16)14(17)8-12;16-10-14-11-17-15(20-14)9-12(18)5-4-8-19-13-6-2-1-3-7-13;1-12-11-16-15(19-12)10-13(17)6-5-9-18-14-7-3-2-4-8-14;2*15-13-10-16-14(19-13)9-11(17)5-4-8-18-12-6-2-1-3-7-12/h6-7,9,11H,4-5,8,10H2,1-3H3;4-5,8-9H,2-3,6-7H2,1H3;1-3,6-7,11H,4-5,8-9H2;2-4,7-8,11H,5-6,9-10H2,1H3;2*1-3,6-7,10H,4-5,8-9H2. The number of aromatic nitrogens is 6. The molecular weight excluding hydrogens is 1790 g/mol. The summed E-state index contributed by atoms with van der Waals surface area (Å²) < 4.78 is 35.8. The van der Waals surface area contributed by atoms with Crippen molar-refractivity contribution in [3.05, 3.63) is 273 Å². The molecule has 19 nitrogen and oxygen atoms in total. The van der Waals surface area contributed by atoms with Gasteiger partial charge in [-0.2, -0.15) is 5.26 Å². The Kier molecular flexibility index (Phi) is 46.1. The van der Waals surface area contributed by atoms with E-state index in [1.165, 1.54) is 51.3 Å². The van der Waals surface area contributed by atoms with Crippen molar-refractivity contribution < 1.29 is 57.2 Å². The predicted molar refractivity (Wildman–Crippen MR) is 486 cm³/mol. The predicted octanol–water partition coefficient (Wildman–Crippen LogP) is 22.9. The Morgan fingerprint density at radius 2 is 0.630 bits per heavy atom. The Labute approximate surface area is 747 Å². The lowest BCUT2D eigenvalue weighted by atomic mass is 10.1. The largest absolute Gasteiger partial charge is 0.494 e. The molecule has 0 aliphatic heterocycles. The lowest BCUT2D eigenvalue weighted by molar-refractivity contribution is -0.119. The molecule has 0 atom stereocenters. The third-order valence-corrected chi connectivity index (χ3v) is 23.8. The van der Waals surface area contributed by atoms with Gasteiger partial charge in [0.25, 0.3) is 0 Å². The lowest BCUT2D eigenvalue weighted by Gasteiger charge is -2.07. The van der Waals surface area contributed by atoms with Crippen LogP contribution in [-0.2, 0) is 67.3 Å². The van der Waals surface area contributed by atoms with E-state index in [9.17, 15) is 28.8 Å². The average molecular weight is 1890 g/mol. The van der Waals surface area contributed by atoms with E-state index in [1.54, 1.807) is 58.7 Å². The SMILES string of the molecule is Cc1cnc(CC(=O)CCCOc2ccc(Br)c(Cl)c2)s1.Cc1cnc(CC(=O)CCCOc2ccc(C)c(C)c2)s1.Cc1cnc(CC(=O)CCCOc2ccccc2)s1.N#Cc1cnc(CC(=O)CCCOc2ccccc2)s1.O=C(CCCOc1ccccc1)Cc1ncc(Br)s1.O=C(CCCOc1ccccc1)Cc1ncc(Cl)s1. The van der Waals surface area contributed by atoms with E-state index < -0.39 is 0 Å². The number of ether oxygens (including phenoxy) is 6. The second-order valence-corrected chi connectivity index (χ2v) is 37.1. The molecule has 6 aromatic heterocycles. The van der Waals surface area contributed by atoms with Crippen molar-refractivity contribution in [1.82, 2.24) is 29.9 Å². The summed E-state index contributed by atoms with van der Waals surface area (Å²) in [5.41, 5.74) is 2.49. The van der Waals surface area contributed by atoms with E-state index in [0.29, 0.717) is 161 Å². The first-order valence-corrected chi connectivity index (χ1v) is 45.7. The monoisotopic (exact) mass is 1890 g/mol. The number of hydrogen-bond acceptors (Lipinski definition) is 25. The van der Waals surface area contributed by atoms with E-state index in [1.807, 2.05) is 185 Å².